The largest absolute Gasteiger partial charge is 0.326 e. The number of rotatable bonds is 6. The molecule has 0 aliphatic heterocycles. The SMILES string of the molecule is CCCn1cc(CN=C(NC(=O)c2ccccc2C)Nc2ccccc2C)c(C)n1. The molecule has 2 aromatic carbocycles. The number of aromatic nitrogens is 2. The van der Waals surface area contributed by atoms with Crippen molar-refractivity contribution < 1.29 is 4.79 Å². The van der Waals surface area contributed by atoms with Crippen LogP contribution < -0.4 is 10.6 Å². The highest BCUT2D eigenvalue weighted by atomic mass is 16.1. The lowest BCUT2D eigenvalue weighted by atomic mass is 10.1. The van der Waals surface area contributed by atoms with Gasteiger partial charge in [0.05, 0.1) is 12.2 Å². The van der Waals surface area contributed by atoms with E-state index in [1.807, 2.05) is 80.2 Å². The minimum atomic E-state index is -0.189. The predicted molar refractivity (Wildman–Crippen MR) is 122 cm³/mol. The monoisotopic (exact) mass is 403 g/mol. The van der Waals surface area contributed by atoms with Crippen LogP contribution >= 0.6 is 0 Å². The van der Waals surface area contributed by atoms with Crippen molar-refractivity contribution in [3.63, 3.8) is 0 Å². The highest BCUT2D eigenvalue weighted by Gasteiger charge is 2.13. The maximum absolute atomic E-state index is 12.9. The van der Waals surface area contributed by atoms with E-state index in [1.54, 1.807) is 0 Å². The number of amides is 1. The molecule has 0 radical (unpaired) electrons. The summed E-state index contributed by atoms with van der Waals surface area (Å²) in [4.78, 5) is 17.6. The van der Waals surface area contributed by atoms with Crippen molar-refractivity contribution in [2.24, 2.45) is 4.99 Å². The summed E-state index contributed by atoms with van der Waals surface area (Å²) in [6.45, 7) is 9.35. The van der Waals surface area contributed by atoms with Gasteiger partial charge in [-0.05, 0) is 50.5 Å². The lowest BCUT2D eigenvalue weighted by molar-refractivity contribution is 0.0976. The predicted octanol–water partition coefficient (Wildman–Crippen LogP) is 4.62. The number of carbonyl (C=O) groups is 1. The molecular weight excluding hydrogens is 374 g/mol. The first-order valence-electron chi connectivity index (χ1n) is 10.2. The fourth-order valence-corrected chi connectivity index (χ4v) is 3.18. The molecule has 0 unspecified atom stereocenters. The number of benzene rings is 2. The Hall–Kier alpha value is -3.41. The van der Waals surface area contributed by atoms with E-state index in [2.05, 4.69) is 27.6 Å². The first kappa shape index (κ1) is 21.3. The van der Waals surface area contributed by atoms with Gasteiger partial charge in [-0.3, -0.25) is 14.8 Å². The van der Waals surface area contributed by atoms with Crippen LogP contribution in [0.5, 0.6) is 0 Å². The van der Waals surface area contributed by atoms with Crippen LogP contribution in [0.25, 0.3) is 0 Å². The van der Waals surface area contributed by atoms with Gasteiger partial charge in [0.1, 0.15) is 0 Å². The summed E-state index contributed by atoms with van der Waals surface area (Å²) in [6, 6.07) is 15.4. The number of guanidine groups is 1. The maximum atomic E-state index is 12.9. The fraction of sp³-hybridized carbons (Fsp3) is 0.292. The zero-order chi connectivity index (χ0) is 21.5. The molecule has 0 atom stereocenters. The Kier molecular flexibility index (Phi) is 7.01. The van der Waals surface area contributed by atoms with Crippen molar-refractivity contribution in [1.29, 1.82) is 0 Å². The Morgan fingerprint density at radius 3 is 2.43 bits per heavy atom. The van der Waals surface area contributed by atoms with Crippen LogP contribution in [0, 0.1) is 20.8 Å². The third kappa shape index (κ3) is 5.35. The van der Waals surface area contributed by atoms with Crippen LogP contribution in [-0.2, 0) is 13.1 Å². The van der Waals surface area contributed by atoms with Crippen molar-refractivity contribution in [3.05, 3.63) is 82.7 Å². The van der Waals surface area contributed by atoms with Crippen LogP contribution in [0.4, 0.5) is 5.69 Å². The molecule has 30 heavy (non-hydrogen) atoms. The van der Waals surface area contributed by atoms with Crippen molar-refractivity contribution in [2.45, 2.75) is 47.2 Å². The van der Waals surface area contributed by atoms with Crippen LogP contribution in [0.1, 0.15) is 46.1 Å². The van der Waals surface area contributed by atoms with Gasteiger partial charge in [0.2, 0.25) is 5.96 Å². The van der Waals surface area contributed by atoms with Crippen LogP contribution in [0.2, 0.25) is 0 Å². The molecule has 6 nitrogen and oxygen atoms in total. The van der Waals surface area contributed by atoms with Gasteiger partial charge in [0, 0.05) is 29.6 Å². The zero-order valence-corrected chi connectivity index (χ0v) is 18.1. The molecule has 6 heteroatoms. The number of nitrogens with zero attached hydrogens (tertiary/aromatic N) is 3. The molecule has 2 N–H and O–H groups in total. The molecule has 156 valence electrons. The van der Waals surface area contributed by atoms with E-state index in [0.29, 0.717) is 18.1 Å². The Bertz CT molecular complexity index is 1050. The highest BCUT2D eigenvalue weighted by Crippen LogP contribution is 2.14. The number of aliphatic imine (C=N–C) groups is 1. The maximum Gasteiger partial charge on any atom is 0.258 e. The summed E-state index contributed by atoms with van der Waals surface area (Å²) in [5.74, 6) is 0.228. The van der Waals surface area contributed by atoms with Gasteiger partial charge < -0.3 is 5.32 Å². The summed E-state index contributed by atoms with van der Waals surface area (Å²) in [5.41, 5.74) is 5.51. The summed E-state index contributed by atoms with van der Waals surface area (Å²) in [7, 11) is 0. The van der Waals surface area contributed by atoms with E-state index in [0.717, 1.165) is 41.0 Å². The Morgan fingerprint density at radius 2 is 1.73 bits per heavy atom. The Labute approximate surface area is 178 Å². The van der Waals surface area contributed by atoms with Gasteiger partial charge in [0.15, 0.2) is 0 Å². The summed E-state index contributed by atoms with van der Waals surface area (Å²) >= 11 is 0. The number of para-hydroxylation sites is 1. The van der Waals surface area contributed by atoms with Gasteiger partial charge in [-0.15, -0.1) is 0 Å². The van der Waals surface area contributed by atoms with Gasteiger partial charge in [-0.1, -0.05) is 43.3 Å². The van der Waals surface area contributed by atoms with Crippen LogP contribution in [0.3, 0.4) is 0 Å². The average molecular weight is 404 g/mol. The molecule has 0 aliphatic carbocycles. The van der Waals surface area contributed by atoms with Crippen molar-refractivity contribution >= 4 is 17.6 Å². The summed E-state index contributed by atoms with van der Waals surface area (Å²) in [6.07, 6.45) is 3.05. The number of nitrogens with one attached hydrogen (secondary N) is 2. The van der Waals surface area contributed by atoms with E-state index in [4.69, 9.17) is 0 Å². The molecule has 3 rings (SSSR count). The summed E-state index contributed by atoms with van der Waals surface area (Å²) < 4.78 is 1.94. The van der Waals surface area contributed by atoms with Gasteiger partial charge in [0.25, 0.3) is 5.91 Å². The standard InChI is InChI=1S/C24H29N5O/c1-5-14-29-16-20(19(4)28-29)15-25-24(26-22-13-9-7-11-18(22)3)27-23(30)21-12-8-6-10-17(21)2/h6-13,16H,5,14-15H2,1-4H3,(H2,25,26,27,30). The van der Waals surface area contributed by atoms with Crippen molar-refractivity contribution in [3.8, 4) is 0 Å². The molecule has 1 aromatic heterocycles. The fourth-order valence-electron chi connectivity index (χ4n) is 3.18. The summed E-state index contributed by atoms with van der Waals surface area (Å²) in [5, 5.41) is 10.8. The molecule has 0 saturated carbocycles. The average Bonchev–Trinajstić information content (AvgIpc) is 3.07. The highest BCUT2D eigenvalue weighted by molar-refractivity contribution is 6.10. The van der Waals surface area contributed by atoms with Gasteiger partial charge in [-0.2, -0.15) is 5.10 Å². The second-order valence-electron chi connectivity index (χ2n) is 7.38. The molecule has 0 bridgehead atoms. The first-order chi connectivity index (χ1) is 14.5. The second kappa shape index (κ2) is 9.87. The molecule has 0 spiro atoms. The molecule has 3 aromatic rings. The van der Waals surface area contributed by atoms with E-state index in [9.17, 15) is 4.79 Å². The third-order valence-corrected chi connectivity index (χ3v) is 4.93. The van der Waals surface area contributed by atoms with Gasteiger partial charge in [-0.25, -0.2) is 4.99 Å². The quantitative estimate of drug-likeness (QED) is 0.466. The van der Waals surface area contributed by atoms with E-state index in [1.165, 1.54) is 0 Å². The van der Waals surface area contributed by atoms with E-state index >= 15 is 0 Å². The zero-order valence-electron chi connectivity index (χ0n) is 18.1. The van der Waals surface area contributed by atoms with Crippen molar-refractivity contribution in [1.82, 2.24) is 15.1 Å². The smallest absolute Gasteiger partial charge is 0.258 e. The van der Waals surface area contributed by atoms with Gasteiger partial charge >= 0.3 is 0 Å². The molecule has 0 saturated heterocycles. The molecule has 1 amide bonds. The Morgan fingerprint density at radius 1 is 1.03 bits per heavy atom. The lowest BCUT2D eigenvalue weighted by Crippen LogP contribution is -2.36. The number of anilines is 1. The number of aryl methyl sites for hydroxylation is 4. The number of carbonyl (C=O) groups excluding carboxylic acids is 1. The van der Waals surface area contributed by atoms with E-state index < -0.39 is 0 Å². The first-order valence-corrected chi connectivity index (χ1v) is 10.2. The minimum Gasteiger partial charge on any atom is -0.326 e. The number of hydrogen-bond acceptors (Lipinski definition) is 3. The topological polar surface area (TPSA) is 71.3 Å². The lowest BCUT2D eigenvalue weighted by Gasteiger charge is -2.14. The second-order valence-corrected chi connectivity index (χ2v) is 7.38. The van der Waals surface area contributed by atoms with E-state index in [-0.39, 0.29) is 5.91 Å². The van der Waals surface area contributed by atoms with Crippen LogP contribution in [-0.4, -0.2) is 21.6 Å². The van der Waals surface area contributed by atoms with Crippen LogP contribution in [0.15, 0.2) is 59.7 Å². The third-order valence-electron chi connectivity index (χ3n) is 4.93. The molecule has 0 aliphatic rings. The van der Waals surface area contributed by atoms with Crippen molar-refractivity contribution in [2.75, 3.05) is 5.32 Å². The molecule has 1 heterocycles. The molecule has 0 fully saturated rings. The number of hydrogen-bond donors (Lipinski definition) is 2. The molecular formula is C24H29N5O. The minimum absolute atomic E-state index is 0.189. The normalized spacial score (nSPS) is 11.4. The Balaban J connectivity index is 1.85.